The van der Waals surface area contributed by atoms with Crippen LogP contribution in [0.4, 0.5) is 13.2 Å². The molecule has 7 rings (SSSR count). The highest BCUT2D eigenvalue weighted by Crippen LogP contribution is 2.41. The monoisotopic (exact) mass is 767 g/mol. The Balaban J connectivity index is 0.926. The molecule has 3 amide bonds. The fourth-order valence-corrected chi connectivity index (χ4v) is 8.24. The molecule has 2 saturated carbocycles. The van der Waals surface area contributed by atoms with Crippen LogP contribution < -0.4 is 15.2 Å². The minimum absolute atomic E-state index is 0.0321. The van der Waals surface area contributed by atoms with Gasteiger partial charge in [0.2, 0.25) is 33.3 Å². The lowest BCUT2D eigenvalue weighted by atomic mass is 10.1. The van der Waals surface area contributed by atoms with Crippen LogP contribution in [-0.2, 0) is 30.6 Å². The predicted molar refractivity (Wildman–Crippen MR) is 192 cm³/mol. The number of aromatic nitrogens is 2. The van der Waals surface area contributed by atoms with Crippen molar-refractivity contribution < 1.29 is 45.1 Å². The van der Waals surface area contributed by atoms with E-state index in [0.29, 0.717) is 47.7 Å². The molecule has 286 valence electrons. The number of alkyl halides is 3. The third-order valence-corrected chi connectivity index (χ3v) is 12.0. The van der Waals surface area contributed by atoms with Gasteiger partial charge in [-0.25, -0.2) is 13.4 Å². The number of rotatable bonds is 15. The predicted octanol–water partition coefficient (Wildman–Crippen LogP) is 6.04. The number of likely N-dealkylation sites (tertiary alicyclic amines) is 1. The van der Waals surface area contributed by atoms with E-state index in [2.05, 4.69) is 14.7 Å². The number of fused-ring (bicyclic) bond motifs is 3. The maximum absolute atomic E-state index is 13.3. The number of hydrogen-bond acceptors (Lipinski definition) is 9. The van der Waals surface area contributed by atoms with Gasteiger partial charge < -0.3 is 19.8 Å². The molecule has 16 heteroatoms. The van der Waals surface area contributed by atoms with Gasteiger partial charge in [-0.15, -0.1) is 0 Å². The summed E-state index contributed by atoms with van der Waals surface area (Å²) < 4.78 is 78.2. The molecular formula is C38H40F3N5O7S. The van der Waals surface area contributed by atoms with Crippen LogP contribution in [-0.4, -0.2) is 64.9 Å². The number of allylic oxidation sites excluding steroid dienone is 2. The van der Waals surface area contributed by atoms with E-state index < -0.39 is 51.0 Å². The van der Waals surface area contributed by atoms with Crippen LogP contribution in [0.2, 0.25) is 0 Å². The summed E-state index contributed by atoms with van der Waals surface area (Å²) >= 11 is 0. The minimum atomic E-state index is -4.51. The number of carbonyl (C=O) groups excluding carboxylic acids is 3. The van der Waals surface area contributed by atoms with Crippen molar-refractivity contribution >= 4 is 49.8 Å². The summed E-state index contributed by atoms with van der Waals surface area (Å²) in [5.74, 6) is -1.39. The van der Waals surface area contributed by atoms with Gasteiger partial charge >= 0.3 is 6.18 Å². The number of furan rings is 1. The normalized spacial score (nSPS) is 21.6. The number of nitrogens with two attached hydrogens (primary N) is 1. The first-order valence-corrected chi connectivity index (χ1v) is 19.7. The van der Waals surface area contributed by atoms with Crippen LogP contribution in [0.5, 0.6) is 5.88 Å². The molecule has 0 spiro atoms. The van der Waals surface area contributed by atoms with Crippen molar-refractivity contribution in [2.75, 3.05) is 6.54 Å². The molecule has 2 aliphatic carbocycles. The van der Waals surface area contributed by atoms with Crippen molar-refractivity contribution in [3.63, 3.8) is 0 Å². The average molecular weight is 768 g/mol. The number of amides is 3. The molecule has 3 heterocycles. The zero-order valence-corrected chi connectivity index (χ0v) is 30.1. The van der Waals surface area contributed by atoms with Crippen molar-refractivity contribution in [1.29, 1.82) is 0 Å². The Morgan fingerprint density at radius 3 is 2.46 bits per heavy atom. The minimum Gasteiger partial charge on any atom is -0.470 e. The van der Waals surface area contributed by atoms with Crippen molar-refractivity contribution in [1.82, 2.24) is 19.6 Å². The summed E-state index contributed by atoms with van der Waals surface area (Å²) in [6.07, 6.45) is 4.96. The number of hydrogen-bond donors (Lipinski definition) is 2. The number of halogens is 3. The third kappa shape index (κ3) is 8.37. The van der Waals surface area contributed by atoms with Gasteiger partial charge in [0.1, 0.15) is 23.2 Å². The lowest BCUT2D eigenvalue weighted by Crippen LogP contribution is -2.43. The highest BCUT2D eigenvalue weighted by molar-refractivity contribution is 7.90. The zero-order chi connectivity index (χ0) is 38.2. The molecule has 2 aromatic heterocycles. The summed E-state index contributed by atoms with van der Waals surface area (Å²) in [5, 5.41) is 0.227. The first kappa shape index (κ1) is 37.3. The summed E-state index contributed by atoms with van der Waals surface area (Å²) in [6, 6.07) is 10.7. The highest BCUT2D eigenvalue weighted by Gasteiger charge is 2.45. The van der Waals surface area contributed by atoms with Crippen LogP contribution in [0, 0.1) is 11.8 Å². The van der Waals surface area contributed by atoms with Crippen LogP contribution in [0.1, 0.15) is 69.8 Å². The molecule has 12 nitrogen and oxygen atoms in total. The Labute approximate surface area is 309 Å². The molecule has 1 saturated heterocycles. The molecule has 0 radical (unpaired) electrons. The number of nitrogens with zero attached hydrogens (tertiary/aromatic N) is 3. The van der Waals surface area contributed by atoms with Crippen LogP contribution in [0.15, 0.2) is 65.1 Å². The van der Waals surface area contributed by atoms with E-state index in [9.17, 15) is 36.0 Å². The first-order chi connectivity index (χ1) is 25.8. The second-order valence-electron chi connectivity index (χ2n) is 14.2. The lowest BCUT2D eigenvalue weighted by Gasteiger charge is -2.21. The van der Waals surface area contributed by atoms with E-state index >= 15 is 0 Å². The lowest BCUT2D eigenvalue weighted by molar-refractivity contribution is -0.137. The Morgan fingerprint density at radius 1 is 1.00 bits per heavy atom. The second kappa shape index (κ2) is 15.0. The van der Waals surface area contributed by atoms with E-state index in [1.165, 1.54) is 17.0 Å². The molecule has 3 N–H and O–H groups in total. The van der Waals surface area contributed by atoms with Gasteiger partial charge in [0.25, 0.3) is 5.88 Å². The molecule has 0 bridgehead atoms. The second-order valence-corrected chi connectivity index (χ2v) is 16.2. The number of benzene rings is 2. The summed E-state index contributed by atoms with van der Waals surface area (Å²) in [6.45, 7) is 0.0747. The summed E-state index contributed by atoms with van der Waals surface area (Å²) in [5.41, 5.74) is 6.36. The Bertz CT molecular complexity index is 2200. The van der Waals surface area contributed by atoms with Crippen LogP contribution >= 0.6 is 0 Å². The Hall–Kier alpha value is -4.99. The van der Waals surface area contributed by atoms with Gasteiger partial charge in [0.15, 0.2) is 5.82 Å². The number of primary amides is 1. The largest absolute Gasteiger partial charge is 0.470 e. The molecule has 1 unspecified atom stereocenters. The topological polar surface area (TPSA) is 175 Å². The van der Waals surface area contributed by atoms with Crippen molar-refractivity contribution in [3.05, 3.63) is 66.2 Å². The fourth-order valence-electron chi connectivity index (χ4n) is 6.88. The highest BCUT2D eigenvalue weighted by atomic mass is 32.2. The number of ether oxygens (including phenoxy) is 1. The quantitative estimate of drug-likeness (QED) is 0.108. The molecule has 54 heavy (non-hydrogen) atoms. The summed E-state index contributed by atoms with van der Waals surface area (Å²) in [7, 11) is -3.53. The van der Waals surface area contributed by atoms with Gasteiger partial charge in [-0.05, 0) is 68.7 Å². The van der Waals surface area contributed by atoms with E-state index in [0.717, 1.165) is 37.8 Å². The van der Waals surface area contributed by atoms with Crippen molar-refractivity contribution in [3.8, 4) is 17.3 Å². The van der Waals surface area contributed by atoms with E-state index in [1.807, 2.05) is 12.2 Å². The van der Waals surface area contributed by atoms with E-state index in [1.54, 1.807) is 24.3 Å². The van der Waals surface area contributed by atoms with Crippen LogP contribution in [0.3, 0.4) is 0 Å². The van der Waals surface area contributed by atoms with Gasteiger partial charge in [0, 0.05) is 29.7 Å². The van der Waals surface area contributed by atoms with Crippen molar-refractivity contribution in [2.24, 2.45) is 17.6 Å². The van der Waals surface area contributed by atoms with E-state index in [4.69, 9.17) is 14.9 Å². The SMILES string of the molecule is NC(=O)[C@@H]1C[C@@H](Oc2nc(-c3ccc(C(F)(F)F)cc3)nc3c2oc2ccccc23)CN1C(=O)CCCCCCC=CC1C[C@@H]1C(=O)NS(=O)(=O)C1CC1. The van der Waals surface area contributed by atoms with E-state index in [-0.39, 0.29) is 54.4 Å². The van der Waals surface area contributed by atoms with Gasteiger partial charge in [-0.3, -0.25) is 19.1 Å². The number of unbranched alkanes of at least 4 members (excludes halogenated alkanes) is 4. The van der Waals surface area contributed by atoms with Gasteiger partial charge in [-0.2, -0.15) is 18.2 Å². The number of carbonyl (C=O) groups is 3. The molecule has 3 aliphatic rings. The zero-order valence-electron chi connectivity index (χ0n) is 29.3. The maximum atomic E-state index is 13.3. The molecule has 4 atom stereocenters. The average Bonchev–Trinajstić information content (AvgIpc) is 4.06. The number of sulfonamides is 1. The Morgan fingerprint density at radius 2 is 1.74 bits per heavy atom. The maximum Gasteiger partial charge on any atom is 0.416 e. The smallest absolute Gasteiger partial charge is 0.416 e. The first-order valence-electron chi connectivity index (χ1n) is 18.1. The molecule has 3 fully saturated rings. The third-order valence-electron chi connectivity index (χ3n) is 10.1. The number of para-hydroxylation sites is 1. The summed E-state index contributed by atoms with van der Waals surface area (Å²) in [4.78, 5) is 48.6. The van der Waals surface area contributed by atoms with Crippen molar-refractivity contribution in [2.45, 2.75) is 87.8 Å². The molecular weight excluding hydrogens is 728 g/mol. The van der Waals surface area contributed by atoms with Gasteiger partial charge in [-0.1, -0.05) is 49.3 Å². The molecule has 4 aromatic rings. The fraction of sp³-hybridized carbons (Fsp3) is 0.447. The van der Waals surface area contributed by atoms with Crippen LogP contribution in [0.25, 0.3) is 33.5 Å². The molecule has 1 aliphatic heterocycles. The Kier molecular flexibility index (Phi) is 10.4. The van der Waals surface area contributed by atoms with Gasteiger partial charge in [0.05, 0.1) is 17.4 Å². The standard InChI is InChI=1S/C38H40F3N5O7S/c39-38(40,41)24-15-13-22(14-16-24)35-43-32-27-10-7-8-11-30(27)53-33(32)37(44-35)52-25-20-29(34(42)48)46(21-25)31(47)12-6-4-2-1-3-5-9-23-19-28(23)36(49)45-54(50,51)26-17-18-26/h5,7-11,13-16,23,25-26,28-29H,1-4,6,12,17-21H2,(H2,42,48)(H,45,49)/t23?,25-,28+,29+/m1/s1. The molecule has 2 aromatic carbocycles. The number of nitrogens with one attached hydrogen (secondary N) is 1.